The van der Waals surface area contributed by atoms with E-state index in [1.54, 1.807) is 6.07 Å². The minimum atomic E-state index is 0.385. The zero-order valence-corrected chi connectivity index (χ0v) is 6.77. The minimum absolute atomic E-state index is 0.385. The monoisotopic (exact) mass is 164 g/mol. The second-order valence-corrected chi connectivity index (χ2v) is 2.51. The third-order valence-corrected chi connectivity index (χ3v) is 1.55. The van der Waals surface area contributed by atoms with Gasteiger partial charge in [0.05, 0.1) is 5.69 Å². The molecule has 0 atom stereocenters. The lowest BCUT2D eigenvalue weighted by Gasteiger charge is -1.97. The number of aliphatic imine (C=N–C) groups is 1. The van der Waals surface area contributed by atoms with E-state index >= 15 is 0 Å². The standard InChI is InChI=1S/C8H8N2S/c1-10-7-4-2-3-6(5-7)8(9)11/h2-5H,1H2,(H2,9,11). The van der Waals surface area contributed by atoms with E-state index in [0.717, 1.165) is 11.3 Å². The highest BCUT2D eigenvalue weighted by Gasteiger charge is 1.94. The average Bonchev–Trinajstić information content (AvgIpc) is 2.05. The summed E-state index contributed by atoms with van der Waals surface area (Å²) in [6.45, 7) is 3.40. The fourth-order valence-corrected chi connectivity index (χ4v) is 0.884. The quantitative estimate of drug-likeness (QED) is 0.533. The zero-order valence-electron chi connectivity index (χ0n) is 5.95. The van der Waals surface area contributed by atoms with Gasteiger partial charge in [0.25, 0.3) is 0 Å². The Balaban J connectivity index is 3.10. The van der Waals surface area contributed by atoms with Crippen molar-refractivity contribution in [1.82, 2.24) is 0 Å². The Morgan fingerprint density at radius 2 is 2.27 bits per heavy atom. The van der Waals surface area contributed by atoms with Gasteiger partial charge in [0, 0.05) is 5.56 Å². The van der Waals surface area contributed by atoms with Gasteiger partial charge in [-0.15, -0.1) is 0 Å². The number of hydrogen-bond donors (Lipinski definition) is 1. The molecule has 11 heavy (non-hydrogen) atoms. The fraction of sp³-hybridized carbons (Fsp3) is 0. The highest BCUT2D eigenvalue weighted by molar-refractivity contribution is 7.80. The average molecular weight is 164 g/mol. The van der Waals surface area contributed by atoms with Crippen LogP contribution < -0.4 is 5.73 Å². The van der Waals surface area contributed by atoms with Gasteiger partial charge in [0.2, 0.25) is 0 Å². The normalized spacial score (nSPS) is 9.09. The van der Waals surface area contributed by atoms with E-state index in [4.69, 9.17) is 18.0 Å². The van der Waals surface area contributed by atoms with Gasteiger partial charge in [-0.2, -0.15) is 0 Å². The van der Waals surface area contributed by atoms with Crippen LogP contribution in [0.1, 0.15) is 5.56 Å². The second-order valence-electron chi connectivity index (χ2n) is 2.07. The molecule has 0 aliphatic rings. The van der Waals surface area contributed by atoms with Crippen molar-refractivity contribution >= 4 is 29.6 Å². The lowest BCUT2D eigenvalue weighted by Crippen LogP contribution is -2.08. The summed E-state index contributed by atoms with van der Waals surface area (Å²) in [4.78, 5) is 4.13. The van der Waals surface area contributed by atoms with Crippen molar-refractivity contribution in [2.24, 2.45) is 10.7 Å². The number of benzene rings is 1. The summed E-state index contributed by atoms with van der Waals surface area (Å²) >= 11 is 4.79. The van der Waals surface area contributed by atoms with Crippen molar-refractivity contribution in [1.29, 1.82) is 0 Å². The molecule has 1 aromatic rings. The predicted octanol–water partition coefficient (Wildman–Crippen LogP) is 1.65. The van der Waals surface area contributed by atoms with Crippen LogP contribution in [-0.4, -0.2) is 11.7 Å². The van der Waals surface area contributed by atoms with E-state index in [-0.39, 0.29) is 0 Å². The molecule has 2 nitrogen and oxygen atoms in total. The molecule has 0 heterocycles. The van der Waals surface area contributed by atoms with Crippen molar-refractivity contribution in [3.8, 4) is 0 Å². The van der Waals surface area contributed by atoms with Gasteiger partial charge in [0.15, 0.2) is 0 Å². The van der Waals surface area contributed by atoms with Crippen LogP contribution in [0.3, 0.4) is 0 Å². The summed E-state index contributed by atoms with van der Waals surface area (Å²) in [5, 5.41) is 0. The Labute approximate surface area is 70.8 Å². The maximum Gasteiger partial charge on any atom is 0.104 e. The summed E-state index contributed by atoms with van der Waals surface area (Å²) in [5.74, 6) is 0. The van der Waals surface area contributed by atoms with E-state index in [2.05, 4.69) is 11.7 Å². The first-order valence-corrected chi connectivity index (χ1v) is 3.51. The number of thiocarbonyl (C=S) groups is 1. The fourth-order valence-electron chi connectivity index (χ4n) is 0.758. The molecular formula is C8H8N2S. The molecule has 0 radical (unpaired) electrons. The van der Waals surface area contributed by atoms with Crippen LogP contribution in [0.4, 0.5) is 5.69 Å². The Kier molecular flexibility index (Phi) is 2.33. The molecule has 0 fully saturated rings. The van der Waals surface area contributed by atoms with E-state index in [0.29, 0.717) is 4.99 Å². The summed E-state index contributed by atoms with van der Waals surface area (Å²) in [6.07, 6.45) is 0. The van der Waals surface area contributed by atoms with E-state index < -0.39 is 0 Å². The van der Waals surface area contributed by atoms with Crippen LogP contribution in [-0.2, 0) is 0 Å². The van der Waals surface area contributed by atoms with E-state index in [1.807, 2.05) is 18.2 Å². The summed E-state index contributed by atoms with van der Waals surface area (Å²) < 4.78 is 0. The molecular weight excluding hydrogens is 156 g/mol. The molecule has 0 spiro atoms. The van der Waals surface area contributed by atoms with E-state index in [9.17, 15) is 0 Å². The number of nitrogens with two attached hydrogens (primary N) is 1. The van der Waals surface area contributed by atoms with Gasteiger partial charge in [-0.1, -0.05) is 24.4 Å². The molecule has 1 rings (SSSR count). The Morgan fingerprint density at radius 1 is 1.55 bits per heavy atom. The highest BCUT2D eigenvalue weighted by atomic mass is 32.1. The van der Waals surface area contributed by atoms with Gasteiger partial charge in [-0.05, 0) is 18.9 Å². The van der Waals surface area contributed by atoms with Gasteiger partial charge in [-0.25, -0.2) is 0 Å². The first-order valence-electron chi connectivity index (χ1n) is 3.10. The van der Waals surface area contributed by atoms with Gasteiger partial charge in [0.1, 0.15) is 4.99 Å². The number of rotatable bonds is 2. The number of nitrogens with zero attached hydrogens (tertiary/aromatic N) is 1. The zero-order chi connectivity index (χ0) is 8.27. The third kappa shape index (κ3) is 1.85. The Morgan fingerprint density at radius 3 is 2.82 bits per heavy atom. The molecule has 1 aromatic carbocycles. The van der Waals surface area contributed by atoms with Crippen LogP contribution in [0.5, 0.6) is 0 Å². The Hall–Kier alpha value is -1.22. The van der Waals surface area contributed by atoms with Crippen molar-refractivity contribution in [3.63, 3.8) is 0 Å². The van der Waals surface area contributed by atoms with Crippen molar-refractivity contribution in [2.75, 3.05) is 0 Å². The maximum atomic E-state index is 5.41. The highest BCUT2D eigenvalue weighted by Crippen LogP contribution is 2.12. The molecule has 0 saturated carbocycles. The molecule has 0 unspecified atom stereocenters. The first kappa shape index (κ1) is 7.88. The molecule has 0 aliphatic heterocycles. The lowest BCUT2D eigenvalue weighted by atomic mass is 10.2. The first-order chi connectivity index (χ1) is 5.24. The van der Waals surface area contributed by atoms with Crippen LogP contribution in [0.15, 0.2) is 29.3 Å². The summed E-state index contributed by atoms with van der Waals surface area (Å²) in [5.41, 5.74) is 7.02. The minimum Gasteiger partial charge on any atom is -0.389 e. The van der Waals surface area contributed by atoms with Crippen LogP contribution in [0.25, 0.3) is 0 Å². The molecule has 0 amide bonds. The largest absolute Gasteiger partial charge is 0.389 e. The maximum absolute atomic E-state index is 5.41. The van der Waals surface area contributed by atoms with E-state index in [1.165, 1.54) is 0 Å². The SMILES string of the molecule is C=Nc1cccc(C(N)=S)c1. The third-order valence-electron chi connectivity index (χ3n) is 1.31. The lowest BCUT2D eigenvalue weighted by molar-refractivity contribution is 1.53. The summed E-state index contributed by atoms with van der Waals surface area (Å²) in [7, 11) is 0. The van der Waals surface area contributed by atoms with Gasteiger partial charge < -0.3 is 5.73 Å². The second kappa shape index (κ2) is 3.25. The van der Waals surface area contributed by atoms with Gasteiger partial charge in [-0.3, -0.25) is 4.99 Å². The molecule has 56 valence electrons. The van der Waals surface area contributed by atoms with Crippen molar-refractivity contribution < 1.29 is 0 Å². The molecule has 0 aromatic heterocycles. The summed E-state index contributed by atoms with van der Waals surface area (Å²) in [6, 6.07) is 7.33. The van der Waals surface area contributed by atoms with Crippen LogP contribution >= 0.6 is 12.2 Å². The molecule has 0 bridgehead atoms. The predicted molar refractivity (Wildman–Crippen MR) is 51.5 cm³/mol. The number of hydrogen-bond acceptors (Lipinski definition) is 2. The molecule has 0 saturated heterocycles. The Bertz CT molecular complexity index is 294. The smallest absolute Gasteiger partial charge is 0.104 e. The van der Waals surface area contributed by atoms with Gasteiger partial charge >= 0.3 is 0 Å². The molecule has 0 aliphatic carbocycles. The molecule has 3 heteroatoms. The van der Waals surface area contributed by atoms with Crippen molar-refractivity contribution in [3.05, 3.63) is 29.8 Å². The van der Waals surface area contributed by atoms with Crippen LogP contribution in [0.2, 0.25) is 0 Å². The van der Waals surface area contributed by atoms with Crippen molar-refractivity contribution in [2.45, 2.75) is 0 Å². The van der Waals surface area contributed by atoms with Crippen LogP contribution in [0, 0.1) is 0 Å². The topological polar surface area (TPSA) is 38.4 Å². The molecule has 2 N–H and O–H groups in total.